The van der Waals surface area contributed by atoms with Crippen molar-refractivity contribution >= 4 is 23.9 Å². The first-order valence-electron chi connectivity index (χ1n) is 9.78. The number of aryl methyl sites for hydroxylation is 5. The van der Waals surface area contributed by atoms with E-state index in [9.17, 15) is 4.79 Å². The minimum Gasteiger partial charge on any atom is -0.317 e. The van der Waals surface area contributed by atoms with Gasteiger partial charge in [-0.3, -0.25) is 4.79 Å². The molecule has 0 fully saturated rings. The van der Waals surface area contributed by atoms with Crippen LogP contribution in [0.15, 0.2) is 40.6 Å². The maximum absolute atomic E-state index is 12.1. The van der Waals surface area contributed by atoms with Crippen LogP contribution in [-0.2, 0) is 4.79 Å². The molecule has 3 rings (SSSR count). The number of benzene rings is 1. The molecule has 30 heavy (non-hydrogen) atoms. The second kappa shape index (κ2) is 9.26. The zero-order chi connectivity index (χ0) is 21.8. The molecule has 6 nitrogen and oxygen atoms in total. The van der Waals surface area contributed by atoms with Crippen LogP contribution >= 0.6 is 11.8 Å². The van der Waals surface area contributed by atoms with Gasteiger partial charge in [0.2, 0.25) is 0 Å². The average Bonchev–Trinajstić information content (AvgIpc) is 2.93. The summed E-state index contributed by atoms with van der Waals surface area (Å²) in [6.45, 7) is 12.2. The highest BCUT2D eigenvalue weighted by Gasteiger charge is 2.13. The Labute approximate surface area is 181 Å². The number of nitrogens with one attached hydrogen (secondary N) is 1. The van der Waals surface area contributed by atoms with Gasteiger partial charge in [0.05, 0.1) is 17.7 Å². The van der Waals surface area contributed by atoms with Crippen LogP contribution < -0.4 is 5.43 Å². The summed E-state index contributed by atoms with van der Waals surface area (Å²) in [7, 11) is 0. The predicted octanol–water partition coefficient (Wildman–Crippen LogP) is 4.36. The lowest BCUT2D eigenvalue weighted by molar-refractivity contribution is -0.118. The molecule has 1 amide bonds. The summed E-state index contributed by atoms with van der Waals surface area (Å²) >= 11 is 1.30. The van der Waals surface area contributed by atoms with Gasteiger partial charge in [0.25, 0.3) is 5.91 Å². The second-order valence-electron chi connectivity index (χ2n) is 7.42. The number of carbonyl (C=O) groups is 1. The molecule has 2 aromatic heterocycles. The van der Waals surface area contributed by atoms with Gasteiger partial charge in [-0.15, -0.1) is 0 Å². The molecule has 0 radical (unpaired) electrons. The van der Waals surface area contributed by atoms with Crippen LogP contribution in [0.5, 0.6) is 0 Å². The average molecular weight is 422 g/mol. The van der Waals surface area contributed by atoms with Gasteiger partial charge in [0, 0.05) is 28.3 Å². The van der Waals surface area contributed by atoms with Crippen molar-refractivity contribution in [1.29, 1.82) is 0 Å². The number of nitrogens with zero attached hydrogens (tertiary/aromatic N) is 4. The van der Waals surface area contributed by atoms with E-state index >= 15 is 0 Å². The molecule has 0 aliphatic rings. The van der Waals surface area contributed by atoms with Gasteiger partial charge in [-0.25, -0.2) is 15.4 Å². The second-order valence-corrected chi connectivity index (χ2v) is 8.36. The molecule has 0 aliphatic carbocycles. The largest absolute Gasteiger partial charge is 0.317 e. The third-order valence-corrected chi connectivity index (χ3v) is 5.67. The zero-order valence-corrected chi connectivity index (χ0v) is 19.1. The molecule has 7 heteroatoms. The topological polar surface area (TPSA) is 72.2 Å². The molecular weight excluding hydrogens is 394 g/mol. The summed E-state index contributed by atoms with van der Waals surface area (Å²) in [6.07, 6.45) is 1.70. The number of hydrogen-bond acceptors (Lipinski definition) is 5. The molecule has 0 atom stereocenters. The van der Waals surface area contributed by atoms with Crippen molar-refractivity contribution in [2.24, 2.45) is 5.10 Å². The summed E-state index contributed by atoms with van der Waals surface area (Å²) < 4.78 is 2.24. The van der Waals surface area contributed by atoms with E-state index < -0.39 is 0 Å². The molecule has 1 aromatic carbocycles. The smallest absolute Gasteiger partial charge is 0.250 e. The Hall–Kier alpha value is -2.93. The fourth-order valence-corrected chi connectivity index (χ4v) is 4.26. The summed E-state index contributed by atoms with van der Waals surface area (Å²) in [5.41, 5.74) is 11.2. The maximum atomic E-state index is 12.1. The molecule has 0 saturated carbocycles. The van der Waals surface area contributed by atoms with Crippen molar-refractivity contribution in [3.05, 3.63) is 69.8 Å². The van der Waals surface area contributed by atoms with Gasteiger partial charge in [-0.1, -0.05) is 30.0 Å². The number of hydrogen-bond donors (Lipinski definition) is 1. The molecule has 0 bridgehead atoms. The van der Waals surface area contributed by atoms with Gasteiger partial charge in [0.15, 0.2) is 5.16 Å². The number of para-hydroxylation sites is 1. The Morgan fingerprint density at radius 3 is 2.33 bits per heavy atom. The molecule has 0 saturated heterocycles. The van der Waals surface area contributed by atoms with Crippen molar-refractivity contribution in [2.45, 2.75) is 46.7 Å². The van der Waals surface area contributed by atoms with Crippen LogP contribution in [-0.4, -0.2) is 32.4 Å². The van der Waals surface area contributed by atoms with Crippen molar-refractivity contribution < 1.29 is 4.79 Å². The molecule has 2 heterocycles. The van der Waals surface area contributed by atoms with E-state index in [4.69, 9.17) is 0 Å². The summed E-state index contributed by atoms with van der Waals surface area (Å²) in [4.78, 5) is 20.8. The summed E-state index contributed by atoms with van der Waals surface area (Å²) in [5, 5.41) is 4.75. The molecule has 156 valence electrons. The van der Waals surface area contributed by atoms with E-state index in [2.05, 4.69) is 77.0 Å². The van der Waals surface area contributed by atoms with Gasteiger partial charge in [-0.05, 0) is 64.8 Å². The lowest BCUT2D eigenvalue weighted by atomic mass is 10.1. The highest BCUT2D eigenvalue weighted by molar-refractivity contribution is 7.99. The molecule has 3 aromatic rings. The van der Waals surface area contributed by atoms with E-state index in [1.165, 1.54) is 28.6 Å². The van der Waals surface area contributed by atoms with E-state index in [1.807, 2.05) is 19.9 Å². The number of aromatic nitrogens is 3. The minimum absolute atomic E-state index is 0.192. The standard InChI is InChI=1S/C23H27N5OS/c1-14-8-7-9-15(2)22(14)28-18(5)11-20(19(28)6)12-24-27-21(29)13-30-23-25-16(3)10-17(4)26-23/h7-12H,13H2,1-6H3,(H,27,29)/b24-12+. The number of thioether (sulfide) groups is 1. The Balaban J connectivity index is 1.67. The number of amides is 1. The molecular formula is C23H27N5OS. The monoisotopic (exact) mass is 421 g/mol. The first kappa shape index (κ1) is 21.8. The molecule has 0 aliphatic heterocycles. The highest BCUT2D eigenvalue weighted by atomic mass is 32.2. The van der Waals surface area contributed by atoms with E-state index in [1.54, 1.807) is 6.21 Å². The van der Waals surface area contributed by atoms with Gasteiger partial charge >= 0.3 is 0 Å². The van der Waals surface area contributed by atoms with Crippen LogP contribution in [0.1, 0.15) is 39.5 Å². The number of hydrazone groups is 1. The fourth-order valence-electron chi connectivity index (χ4n) is 3.52. The van der Waals surface area contributed by atoms with E-state index in [-0.39, 0.29) is 11.7 Å². The van der Waals surface area contributed by atoms with Crippen molar-refractivity contribution in [3.8, 4) is 5.69 Å². The number of rotatable bonds is 6. The van der Waals surface area contributed by atoms with Gasteiger partial charge < -0.3 is 4.57 Å². The Kier molecular flexibility index (Phi) is 6.72. The van der Waals surface area contributed by atoms with Crippen LogP contribution in [0, 0.1) is 41.5 Å². The lowest BCUT2D eigenvalue weighted by Gasteiger charge is -2.15. The van der Waals surface area contributed by atoms with Crippen LogP contribution in [0.25, 0.3) is 5.69 Å². The highest BCUT2D eigenvalue weighted by Crippen LogP contribution is 2.25. The first-order valence-corrected chi connectivity index (χ1v) is 10.8. The van der Waals surface area contributed by atoms with Crippen LogP contribution in [0.2, 0.25) is 0 Å². The molecule has 0 spiro atoms. The van der Waals surface area contributed by atoms with Crippen molar-refractivity contribution in [1.82, 2.24) is 20.0 Å². The van der Waals surface area contributed by atoms with Crippen LogP contribution in [0.3, 0.4) is 0 Å². The first-order chi connectivity index (χ1) is 14.3. The summed E-state index contributed by atoms with van der Waals surface area (Å²) in [5.74, 6) is 0.0179. The predicted molar refractivity (Wildman–Crippen MR) is 123 cm³/mol. The fraction of sp³-hybridized carbons (Fsp3) is 0.304. The van der Waals surface area contributed by atoms with Crippen molar-refractivity contribution in [2.75, 3.05) is 5.75 Å². The van der Waals surface area contributed by atoms with Gasteiger partial charge in [0.1, 0.15) is 0 Å². The Morgan fingerprint density at radius 1 is 1.07 bits per heavy atom. The minimum atomic E-state index is -0.192. The van der Waals surface area contributed by atoms with Crippen molar-refractivity contribution in [3.63, 3.8) is 0 Å². The zero-order valence-electron chi connectivity index (χ0n) is 18.3. The summed E-state index contributed by atoms with van der Waals surface area (Å²) in [6, 6.07) is 10.3. The normalized spacial score (nSPS) is 11.3. The SMILES string of the molecule is Cc1cc(C)nc(SCC(=O)N/N=C/c2cc(C)n(-c3c(C)cccc3C)c2C)n1. The van der Waals surface area contributed by atoms with Gasteiger partial charge in [-0.2, -0.15) is 5.10 Å². The lowest BCUT2D eigenvalue weighted by Crippen LogP contribution is -2.19. The quantitative estimate of drug-likeness (QED) is 0.278. The Morgan fingerprint density at radius 2 is 1.70 bits per heavy atom. The van der Waals surface area contributed by atoms with E-state index in [0.717, 1.165) is 28.3 Å². The van der Waals surface area contributed by atoms with E-state index in [0.29, 0.717) is 5.16 Å². The molecule has 0 unspecified atom stereocenters. The third-order valence-electron chi connectivity index (χ3n) is 4.82. The Bertz CT molecular complexity index is 1080. The molecule has 1 N–H and O–H groups in total. The van der Waals surface area contributed by atoms with Crippen LogP contribution in [0.4, 0.5) is 0 Å². The third kappa shape index (κ3) is 4.97. The number of carbonyl (C=O) groups excluding carboxylic acids is 1. The maximum Gasteiger partial charge on any atom is 0.250 e.